The molecule has 3 heterocycles. The summed E-state index contributed by atoms with van der Waals surface area (Å²) in [6.07, 6.45) is 3.03. The quantitative estimate of drug-likeness (QED) is 0.584. The summed E-state index contributed by atoms with van der Waals surface area (Å²) in [4.78, 5) is 30.4. The molecule has 31 heavy (non-hydrogen) atoms. The van der Waals surface area contributed by atoms with Gasteiger partial charge in [-0.2, -0.15) is 5.10 Å². The van der Waals surface area contributed by atoms with Gasteiger partial charge in [-0.1, -0.05) is 0 Å². The molecule has 0 bridgehead atoms. The van der Waals surface area contributed by atoms with Crippen molar-refractivity contribution in [2.24, 2.45) is 0 Å². The number of nitrogens with zero attached hydrogens (tertiary/aromatic N) is 4. The number of carbonyl (C=O) groups excluding carboxylic acids is 2. The molecule has 0 spiro atoms. The molecule has 0 radical (unpaired) electrons. The Balaban J connectivity index is 1.45. The van der Waals surface area contributed by atoms with Crippen LogP contribution in [0.25, 0.3) is 5.65 Å². The number of nitrogens with one attached hydrogen (secondary N) is 2. The van der Waals surface area contributed by atoms with Crippen LogP contribution in [0.1, 0.15) is 24.4 Å². The molecule has 9 nitrogen and oxygen atoms in total. The van der Waals surface area contributed by atoms with Crippen LogP contribution in [0.3, 0.4) is 0 Å². The van der Waals surface area contributed by atoms with Crippen LogP contribution < -0.4 is 15.5 Å². The first-order valence-corrected chi connectivity index (χ1v) is 9.72. The number of rotatable bonds is 4. The lowest BCUT2D eigenvalue weighted by molar-refractivity contribution is -0.116. The van der Waals surface area contributed by atoms with Crippen molar-refractivity contribution in [3.8, 4) is 0 Å². The van der Waals surface area contributed by atoms with Crippen molar-refractivity contribution < 1.29 is 23.5 Å². The molecule has 2 fully saturated rings. The van der Waals surface area contributed by atoms with Crippen LogP contribution in [0.15, 0.2) is 36.7 Å². The van der Waals surface area contributed by atoms with E-state index in [1.807, 2.05) is 0 Å². The summed E-state index contributed by atoms with van der Waals surface area (Å²) >= 11 is 0. The third kappa shape index (κ3) is 3.67. The van der Waals surface area contributed by atoms with Crippen molar-refractivity contribution in [1.82, 2.24) is 19.9 Å². The summed E-state index contributed by atoms with van der Waals surface area (Å²) in [5.41, 5.74) is 0.733. The summed E-state index contributed by atoms with van der Waals surface area (Å²) in [5.74, 6) is -0.941. The van der Waals surface area contributed by atoms with E-state index in [4.69, 9.17) is 0 Å². The first kappa shape index (κ1) is 19.4. The highest BCUT2D eigenvalue weighted by atomic mass is 19.1. The second kappa shape index (κ2) is 7.27. The molecule has 1 aliphatic heterocycles. The largest absolute Gasteiger partial charge is 0.391 e. The van der Waals surface area contributed by atoms with E-state index in [9.17, 15) is 23.5 Å². The SMILES string of the molecule is O=C1C[C@H](c2cc(F)ccc2F)N(c2ccn3ncc(NC(=O)N[C@@H]4C[C@H]4O)c3n2)C1. The molecule has 0 unspecified atom stereocenters. The van der Waals surface area contributed by atoms with Gasteiger partial charge in [0.05, 0.1) is 30.9 Å². The van der Waals surface area contributed by atoms with E-state index in [1.54, 1.807) is 17.2 Å². The fourth-order valence-electron chi connectivity index (χ4n) is 3.75. The second-order valence-corrected chi connectivity index (χ2v) is 7.67. The van der Waals surface area contributed by atoms with E-state index in [1.165, 1.54) is 10.7 Å². The van der Waals surface area contributed by atoms with Gasteiger partial charge in [0.1, 0.15) is 23.1 Å². The number of aliphatic hydroxyl groups excluding tert-OH is 1. The van der Waals surface area contributed by atoms with Gasteiger partial charge in [0.15, 0.2) is 11.4 Å². The summed E-state index contributed by atoms with van der Waals surface area (Å²) in [6, 6.07) is 3.30. The van der Waals surface area contributed by atoms with Gasteiger partial charge in [0.2, 0.25) is 0 Å². The Labute approximate surface area is 174 Å². The third-order valence-electron chi connectivity index (χ3n) is 5.43. The van der Waals surface area contributed by atoms with E-state index in [2.05, 4.69) is 20.7 Å². The average Bonchev–Trinajstić information content (AvgIpc) is 3.11. The minimum absolute atomic E-state index is 0.000741. The molecule has 2 aliphatic rings. The third-order valence-corrected chi connectivity index (χ3v) is 5.43. The number of carbonyl (C=O) groups is 2. The Kier molecular flexibility index (Phi) is 4.54. The van der Waals surface area contributed by atoms with Crippen LogP contribution in [-0.2, 0) is 4.79 Å². The van der Waals surface area contributed by atoms with Crippen LogP contribution in [0.5, 0.6) is 0 Å². The van der Waals surface area contributed by atoms with Crippen LogP contribution in [0, 0.1) is 11.6 Å². The van der Waals surface area contributed by atoms with Crippen LogP contribution >= 0.6 is 0 Å². The van der Waals surface area contributed by atoms with Crippen LogP contribution in [-0.4, -0.2) is 50.2 Å². The van der Waals surface area contributed by atoms with E-state index in [-0.39, 0.29) is 30.4 Å². The maximum Gasteiger partial charge on any atom is 0.319 e. The summed E-state index contributed by atoms with van der Waals surface area (Å²) in [7, 11) is 0. The van der Waals surface area contributed by atoms with E-state index in [0.29, 0.717) is 23.6 Å². The van der Waals surface area contributed by atoms with E-state index in [0.717, 1.165) is 18.2 Å². The topological polar surface area (TPSA) is 112 Å². The van der Waals surface area contributed by atoms with Crippen molar-refractivity contribution in [2.45, 2.75) is 31.0 Å². The van der Waals surface area contributed by atoms with Crippen molar-refractivity contribution in [3.05, 3.63) is 53.9 Å². The first-order valence-electron chi connectivity index (χ1n) is 9.72. The molecule has 2 aromatic heterocycles. The molecular weight excluding hydrogens is 410 g/mol. The Morgan fingerprint density at radius 3 is 2.84 bits per heavy atom. The van der Waals surface area contributed by atoms with Crippen molar-refractivity contribution in [3.63, 3.8) is 0 Å². The molecule has 2 amide bonds. The number of aromatic nitrogens is 3. The first-order chi connectivity index (χ1) is 14.9. The Hall–Kier alpha value is -3.60. The molecule has 1 aromatic carbocycles. The van der Waals surface area contributed by atoms with Gasteiger partial charge in [-0.05, 0) is 30.7 Å². The minimum Gasteiger partial charge on any atom is -0.391 e. The number of Topliss-reactive ketones (excluding diaryl/α,β-unsaturated/α-hetero) is 1. The van der Waals surface area contributed by atoms with Crippen molar-refractivity contribution in [2.75, 3.05) is 16.8 Å². The summed E-state index contributed by atoms with van der Waals surface area (Å²) in [5, 5.41) is 18.8. The number of ketones is 1. The zero-order valence-electron chi connectivity index (χ0n) is 16.1. The van der Waals surface area contributed by atoms with E-state index >= 15 is 0 Å². The highest BCUT2D eigenvalue weighted by Gasteiger charge is 2.37. The van der Waals surface area contributed by atoms with Gasteiger partial charge in [-0.25, -0.2) is 23.1 Å². The number of aliphatic hydroxyl groups is 1. The van der Waals surface area contributed by atoms with E-state index < -0.39 is 29.8 Å². The molecule has 3 atom stereocenters. The molecule has 160 valence electrons. The van der Waals surface area contributed by atoms with Gasteiger partial charge < -0.3 is 20.6 Å². The number of anilines is 2. The monoisotopic (exact) mass is 428 g/mol. The number of halogens is 2. The van der Waals surface area contributed by atoms with Crippen LogP contribution in [0.4, 0.5) is 25.1 Å². The lowest BCUT2D eigenvalue weighted by Gasteiger charge is -2.25. The van der Waals surface area contributed by atoms with Gasteiger partial charge in [0, 0.05) is 18.2 Å². The number of fused-ring (bicyclic) bond motifs is 1. The predicted molar refractivity (Wildman–Crippen MR) is 106 cm³/mol. The molecule has 3 N–H and O–H groups in total. The molecule has 5 rings (SSSR count). The molecule has 3 aromatic rings. The zero-order valence-corrected chi connectivity index (χ0v) is 16.1. The van der Waals surface area contributed by atoms with Gasteiger partial charge in [-0.3, -0.25) is 4.79 Å². The van der Waals surface area contributed by atoms with Gasteiger partial charge in [-0.15, -0.1) is 0 Å². The summed E-state index contributed by atoms with van der Waals surface area (Å²) < 4.78 is 29.5. The zero-order chi connectivity index (χ0) is 21.7. The molecular formula is C20H18F2N6O3. The van der Waals surface area contributed by atoms with Crippen molar-refractivity contribution in [1.29, 1.82) is 0 Å². The number of hydrogen-bond donors (Lipinski definition) is 3. The van der Waals surface area contributed by atoms with Gasteiger partial charge in [0.25, 0.3) is 0 Å². The fraction of sp³-hybridized carbons (Fsp3) is 0.300. The number of urea groups is 1. The number of amides is 2. The molecule has 11 heteroatoms. The highest BCUT2D eigenvalue weighted by Crippen LogP contribution is 2.35. The average molecular weight is 428 g/mol. The predicted octanol–water partition coefficient (Wildman–Crippen LogP) is 1.78. The maximum atomic E-state index is 14.4. The fourth-order valence-corrected chi connectivity index (χ4v) is 3.75. The Morgan fingerprint density at radius 2 is 2.06 bits per heavy atom. The lowest BCUT2D eigenvalue weighted by atomic mass is 10.0. The normalized spacial score (nSPS) is 22.7. The minimum atomic E-state index is -0.697. The van der Waals surface area contributed by atoms with Gasteiger partial charge >= 0.3 is 6.03 Å². The Morgan fingerprint density at radius 1 is 1.26 bits per heavy atom. The maximum absolute atomic E-state index is 14.4. The number of benzene rings is 1. The Bertz CT molecular complexity index is 1200. The standard InChI is InChI=1S/C20H18F2N6O3/c21-10-1-2-13(22)12(5-10)16-6-11(29)9-27(16)18-3-4-28-19(26-18)15(8-23-28)25-20(31)24-14-7-17(14)30/h1-5,8,14,16-17,30H,6-7,9H2,(H2,24,25,31)/t14-,16-,17-/m1/s1. The molecule has 1 saturated heterocycles. The molecule has 1 aliphatic carbocycles. The summed E-state index contributed by atoms with van der Waals surface area (Å²) in [6.45, 7) is 0.000741. The van der Waals surface area contributed by atoms with Crippen molar-refractivity contribution >= 4 is 29.0 Å². The highest BCUT2D eigenvalue weighted by molar-refractivity contribution is 5.93. The smallest absolute Gasteiger partial charge is 0.319 e. The molecule has 1 saturated carbocycles. The lowest BCUT2D eigenvalue weighted by Crippen LogP contribution is -2.32. The number of hydrogen-bond acceptors (Lipinski definition) is 6. The van der Waals surface area contributed by atoms with Crippen LogP contribution in [0.2, 0.25) is 0 Å². The second-order valence-electron chi connectivity index (χ2n) is 7.67.